The van der Waals surface area contributed by atoms with Crippen LogP contribution in [-0.2, 0) is 20.9 Å². The summed E-state index contributed by atoms with van der Waals surface area (Å²) < 4.78 is 0.840. The van der Waals surface area contributed by atoms with Crippen LogP contribution in [0, 0.1) is 5.92 Å². The van der Waals surface area contributed by atoms with Gasteiger partial charge in [-0.15, -0.1) is 0 Å². The van der Waals surface area contributed by atoms with Crippen LogP contribution in [0.3, 0.4) is 0 Å². The summed E-state index contributed by atoms with van der Waals surface area (Å²) in [7, 11) is 0. The van der Waals surface area contributed by atoms with Crippen LogP contribution in [0.25, 0.3) is 0 Å². The summed E-state index contributed by atoms with van der Waals surface area (Å²) in [6, 6.07) is 4.55. The highest BCUT2D eigenvalue weighted by molar-refractivity contribution is 9.10. The lowest BCUT2D eigenvalue weighted by molar-refractivity contribution is -0.137. The van der Waals surface area contributed by atoms with Crippen molar-refractivity contribution in [3.63, 3.8) is 0 Å². The van der Waals surface area contributed by atoms with Gasteiger partial charge in [0.25, 0.3) is 5.91 Å². The molecule has 182 valence electrons. The number of carbonyl (C=O) groups excluding carboxylic acids is 4. The van der Waals surface area contributed by atoms with Gasteiger partial charge in [-0.05, 0) is 64.9 Å². The van der Waals surface area contributed by atoms with Gasteiger partial charge in [0.2, 0.25) is 23.7 Å². The van der Waals surface area contributed by atoms with E-state index in [1.165, 1.54) is 4.90 Å². The Hall–Kier alpha value is -3.34. The molecule has 3 aliphatic rings. The summed E-state index contributed by atoms with van der Waals surface area (Å²) in [5.41, 5.74) is 1.92. The Kier molecular flexibility index (Phi) is 6.50. The minimum absolute atomic E-state index is 0.0605. The Bertz CT molecular complexity index is 1180. The Morgan fingerprint density at radius 2 is 1.86 bits per heavy atom. The highest BCUT2D eigenvalue weighted by atomic mass is 79.9. The summed E-state index contributed by atoms with van der Waals surface area (Å²) in [6.07, 6.45) is 6.19. The number of nitrogens with one attached hydrogen (secondary N) is 2. The van der Waals surface area contributed by atoms with E-state index in [-0.39, 0.29) is 36.6 Å². The number of nitrogens with zero attached hydrogens (tertiary/aromatic N) is 4. The molecule has 1 aromatic carbocycles. The van der Waals surface area contributed by atoms with Crippen LogP contribution < -0.4 is 15.5 Å². The van der Waals surface area contributed by atoms with Gasteiger partial charge in [0.05, 0.1) is 4.47 Å². The predicted molar refractivity (Wildman–Crippen MR) is 130 cm³/mol. The van der Waals surface area contributed by atoms with E-state index in [9.17, 15) is 19.2 Å². The number of aromatic nitrogens is 2. The molecular weight excluding hydrogens is 516 g/mol. The second-order valence-corrected chi connectivity index (χ2v) is 10.1. The molecule has 1 unspecified atom stereocenters. The predicted octanol–water partition coefficient (Wildman–Crippen LogP) is 2.25. The van der Waals surface area contributed by atoms with E-state index in [2.05, 4.69) is 41.4 Å². The third-order valence-corrected chi connectivity index (χ3v) is 7.19. The quantitative estimate of drug-likeness (QED) is 0.557. The molecule has 35 heavy (non-hydrogen) atoms. The number of fused-ring (bicyclic) bond motifs is 1. The van der Waals surface area contributed by atoms with Crippen molar-refractivity contribution in [3.05, 3.63) is 46.2 Å². The molecule has 2 aromatic rings. The van der Waals surface area contributed by atoms with E-state index in [0.717, 1.165) is 36.0 Å². The molecule has 11 heteroatoms. The maximum atomic E-state index is 12.8. The van der Waals surface area contributed by atoms with Gasteiger partial charge in [-0.1, -0.05) is 0 Å². The topological polar surface area (TPSA) is 125 Å². The van der Waals surface area contributed by atoms with Gasteiger partial charge in [0.1, 0.15) is 6.04 Å². The van der Waals surface area contributed by atoms with E-state index in [0.29, 0.717) is 30.0 Å². The van der Waals surface area contributed by atoms with Crippen molar-refractivity contribution in [2.75, 3.05) is 23.3 Å². The molecule has 2 N–H and O–H groups in total. The molecule has 4 amide bonds. The van der Waals surface area contributed by atoms with Crippen molar-refractivity contribution in [1.29, 1.82) is 0 Å². The number of anilines is 2. The van der Waals surface area contributed by atoms with E-state index < -0.39 is 11.9 Å². The maximum absolute atomic E-state index is 12.8. The lowest BCUT2D eigenvalue weighted by Gasteiger charge is -2.31. The first-order chi connectivity index (χ1) is 16.9. The number of imide groups is 1. The molecule has 0 spiro atoms. The first kappa shape index (κ1) is 23.4. The van der Waals surface area contributed by atoms with E-state index >= 15 is 0 Å². The first-order valence-corrected chi connectivity index (χ1v) is 12.5. The van der Waals surface area contributed by atoms with Crippen molar-refractivity contribution in [2.45, 2.75) is 44.7 Å². The standard InChI is InChI=1S/C24H25BrN6O4/c25-16-11-26-24(27-12-16)30-7-5-14(6-8-30)9-21(33)28-17-1-2-18-15(10-17)13-31(23(18)35)19-3-4-20(32)29-22(19)34/h1-2,10-12,14,19H,3-9,13H2,(H,28,33)(H,29,32,34). The number of halogens is 1. The third-order valence-electron chi connectivity index (χ3n) is 6.79. The van der Waals surface area contributed by atoms with Crippen molar-refractivity contribution in [1.82, 2.24) is 20.2 Å². The second-order valence-electron chi connectivity index (χ2n) is 9.16. The van der Waals surface area contributed by atoms with Crippen LogP contribution in [0.4, 0.5) is 11.6 Å². The Morgan fingerprint density at radius 1 is 1.11 bits per heavy atom. The van der Waals surface area contributed by atoms with Gasteiger partial charge in [-0.2, -0.15) is 0 Å². The van der Waals surface area contributed by atoms with Crippen molar-refractivity contribution < 1.29 is 19.2 Å². The van der Waals surface area contributed by atoms with Gasteiger partial charge < -0.3 is 15.1 Å². The van der Waals surface area contributed by atoms with Gasteiger partial charge in [0, 0.05) is 56.1 Å². The summed E-state index contributed by atoms with van der Waals surface area (Å²) in [5, 5.41) is 5.26. The summed E-state index contributed by atoms with van der Waals surface area (Å²) in [6.45, 7) is 1.88. The molecule has 2 fully saturated rings. The number of rotatable bonds is 5. The summed E-state index contributed by atoms with van der Waals surface area (Å²) in [4.78, 5) is 61.5. The summed E-state index contributed by atoms with van der Waals surface area (Å²) >= 11 is 3.34. The lowest BCUT2D eigenvalue weighted by Crippen LogP contribution is -2.52. The molecule has 5 rings (SSSR count). The zero-order valence-electron chi connectivity index (χ0n) is 19.0. The van der Waals surface area contributed by atoms with Crippen LogP contribution in [-0.4, -0.2) is 57.6 Å². The molecule has 1 aromatic heterocycles. The third kappa shape index (κ3) is 5.04. The smallest absolute Gasteiger partial charge is 0.255 e. The van der Waals surface area contributed by atoms with Gasteiger partial charge in [0.15, 0.2) is 0 Å². The van der Waals surface area contributed by atoms with Crippen LogP contribution in [0.2, 0.25) is 0 Å². The zero-order chi connectivity index (χ0) is 24.5. The van der Waals surface area contributed by atoms with Gasteiger partial charge in [-0.25, -0.2) is 9.97 Å². The van der Waals surface area contributed by atoms with Gasteiger partial charge in [-0.3, -0.25) is 24.5 Å². The van der Waals surface area contributed by atoms with Crippen LogP contribution >= 0.6 is 15.9 Å². The number of benzene rings is 1. The number of amides is 4. The molecule has 4 heterocycles. The highest BCUT2D eigenvalue weighted by Crippen LogP contribution is 2.30. The zero-order valence-corrected chi connectivity index (χ0v) is 20.6. The van der Waals surface area contributed by atoms with E-state index in [1.54, 1.807) is 30.6 Å². The number of piperidine rings is 2. The molecule has 0 bridgehead atoms. The minimum Gasteiger partial charge on any atom is -0.341 e. The average molecular weight is 541 g/mol. The SMILES string of the molecule is O=C1CCC(N2Cc3cc(NC(=O)CC4CCN(c5ncc(Br)cn5)CC4)ccc3C2=O)C(=O)N1. The first-order valence-electron chi connectivity index (χ1n) is 11.7. The number of carbonyl (C=O) groups is 4. The molecule has 1 atom stereocenters. The van der Waals surface area contributed by atoms with Crippen LogP contribution in [0.5, 0.6) is 0 Å². The molecule has 2 saturated heterocycles. The molecule has 0 radical (unpaired) electrons. The summed E-state index contributed by atoms with van der Waals surface area (Å²) in [5.74, 6) is -0.0548. The Labute approximate surface area is 210 Å². The van der Waals surface area contributed by atoms with Crippen molar-refractivity contribution >= 4 is 51.2 Å². The van der Waals surface area contributed by atoms with E-state index in [4.69, 9.17) is 0 Å². The number of hydrogen-bond acceptors (Lipinski definition) is 7. The highest BCUT2D eigenvalue weighted by Gasteiger charge is 2.39. The maximum Gasteiger partial charge on any atom is 0.255 e. The van der Waals surface area contributed by atoms with Crippen molar-refractivity contribution in [2.24, 2.45) is 5.92 Å². The van der Waals surface area contributed by atoms with Crippen molar-refractivity contribution in [3.8, 4) is 0 Å². The van der Waals surface area contributed by atoms with Crippen LogP contribution in [0.15, 0.2) is 35.1 Å². The fraction of sp³-hybridized carbons (Fsp3) is 0.417. The minimum atomic E-state index is -0.653. The molecule has 10 nitrogen and oxygen atoms in total. The fourth-order valence-corrected chi connectivity index (χ4v) is 5.14. The average Bonchev–Trinajstić information content (AvgIpc) is 3.15. The molecular formula is C24H25BrN6O4. The largest absolute Gasteiger partial charge is 0.341 e. The van der Waals surface area contributed by atoms with Gasteiger partial charge >= 0.3 is 0 Å². The molecule has 0 saturated carbocycles. The fourth-order valence-electron chi connectivity index (χ4n) is 4.93. The van der Waals surface area contributed by atoms with Crippen LogP contribution in [0.1, 0.15) is 48.0 Å². The normalized spacial score (nSPS) is 20.6. The second kappa shape index (κ2) is 9.73. The molecule has 3 aliphatic heterocycles. The number of hydrogen-bond donors (Lipinski definition) is 2. The molecule has 0 aliphatic carbocycles. The van der Waals surface area contributed by atoms with E-state index in [1.807, 2.05) is 0 Å². The Morgan fingerprint density at radius 3 is 2.57 bits per heavy atom. The monoisotopic (exact) mass is 540 g/mol. The Balaban J connectivity index is 1.15. The lowest BCUT2D eigenvalue weighted by atomic mass is 9.93.